The molecule has 0 radical (unpaired) electrons. The van der Waals surface area contributed by atoms with Crippen molar-refractivity contribution in [2.75, 3.05) is 0 Å². The molecule has 31 heavy (non-hydrogen) atoms. The van der Waals surface area contributed by atoms with E-state index in [-0.39, 0.29) is 12.3 Å². The minimum absolute atomic E-state index is 0.0438. The van der Waals surface area contributed by atoms with Crippen LogP contribution in [0.25, 0.3) is 0 Å². The van der Waals surface area contributed by atoms with E-state index in [1.165, 1.54) is 0 Å². The number of carboxylic acids is 1. The fraction of sp³-hybridized carbons (Fsp3) is 0.667. The van der Waals surface area contributed by atoms with Gasteiger partial charge in [-0.05, 0) is 50.0 Å². The van der Waals surface area contributed by atoms with Gasteiger partial charge in [0.1, 0.15) is 6.04 Å². The highest BCUT2D eigenvalue weighted by molar-refractivity contribution is 6.30. The first-order valence-electron chi connectivity index (χ1n) is 10.6. The lowest BCUT2D eigenvalue weighted by atomic mass is 9.80. The molecule has 0 aromatic rings. The van der Waals surface area contributed by atoms with Crippen molar-refractivity contribution in [1.82, 2.24) is 10.2 Å². The van der Waals surface area contributed by atoms with Crippen molar-refractivity contribution in [3.05, 3.63) is 23.3 Å². The van der Waals surface area contributed by atoms with Gasteiger partial charge in [0, 0.05) is 5.03 Å². The Kier molecular flexibility index (Phi) is 7.34. The van der Waals surface area contributed by atoms with Crippen molar-refractivity contribution in [1.29, 1.82) is 0 Å². The quantitative estimate of drug-likeness (QED) is 0.565. The van der Waals surface area contributed by atoms with E-state index >= 15 is 0 Å². The van der Waals surface area contributed by atoms with Crippen molar-refractivity contribution in [3.8, 4) is 0 Å². The Morgan fingerprint density at radius 1 is 1.23 bits per heavy atom. The van der Waals surface area contributed by atoms with Crippen molar-refractivity contribution < 1.29 is 32.7 Å². The topological polar surface area (TPSA) is 86.7 Å². The number of β-lactam (4-membered cyclic amide) rings is 1. The van der Waals surface area contributed by atoms with Gasteiger partial charge in [-0.1, -0.05) is 43.0 Å². The minimum Gasteiger partial charge on any atom is -0.480 e. The molecule has 0 aromatic carbocycles. The Morgan fingerprint density at radius 3 is 2.48 bits per heavy atom. The van der Waals surface area contributed by atoms with Gasteiger partial charge in [0.25, 0.3) is 0 Å². The predicted octanol–water partition coefficient (Wildman–Crippen LogP) is 4.60. The third-order valence-corrected chi connectivity index (χ3v) is 6.90. The number of rotatable bonds is 6. The third-order valence-electron chi connectivity index (χ3n) is 6.47. The normalized spacial score (nSPS) is 28.0. The second kappa shape index (κ2) is 9.63. The number of amides is 3. The van der Waals surface area contributed by atoms with E-state index in [2.05, 4.69) is 0 Å². The maximum Gasteiger partial charge on any atom is 0.408 e. The number of carbonyl (C=O) groups is 3. The number of halogens is 4. The lowest BCUT2D eigenvalue weighted by Gasteiger charge is -2.44. The Balaban J connectivity index is 1.65. The molecule has 0 bridgehead atoms. The lowest BCUT2D eigenvalue weighted by molar-refractivity contribution is -0.173. The van der Waals surface area contributed by atoms with Crippen LogP contribution in [0.2, 0.25) is 0 Å². The first-order valence-corrected chi connectivity index (χ1v) is 10.9. The summed E-state index contributed by atoms with van der Waals surface area (Å²) < 4.78 is 40.8. The third kappa shape index (κ3) is 5.25. The molecule has 1 unspecified atom stereocenters. The van der Waals surface area contributed by atoms with Crippen LogP contribution < -0.4 is 5.32 Å². The number of urea groups is 1. The van der Waals surface area contributed by atoms with E-state index in [9.17, 15) is 32.7 Å². The van der Waals surface area contributed by atoms with Crippen LogP contribution in [0.4, 0.5) is 18.0 Å². The van der Waals surface area contributed by atoms with Crippen molar-refractivity contribution >= 4 is 29.5 Å². The first kappa shape index (κ1) is 23.6. The monoisotopic (exact) mass is 462 g/mol. The average molecular weight is 463 g/mol. The maximum atomic E-state index is 13.6. The standard InChI is InChI=1S/C21H26ClF3N2O4/c22-15-9-5-4-6-12(15)10-11-14-16(19(29)30)27(18(14)28)20(31)26-17(21(23,24)25)13-7-2-1-3-8-13/h4-5,9,12-14,16-17H,1-3,6-8,10-11H2,(H,26,31)(H,29,30)/t12?,14-,16+,17+/m1/s1. The summed E-state index contributed by atoms with van der Waals surface area (Å²) in [5.74, 6) is -3.95. The largest absolute Gasteiger partial charge is 0.480 e. The van der Waals surface area contributed by atoms with Crippen LogP contribution in [-0.2, 0) is 9.59 Å². The smallest absolute Gasteiger partial charge is 0.408 e. The molecule has 0 aromatic heterocycles. The zero-order chi connectivity index (χ0) is 22.8. The molecule has 2 aliphatic carbocycles. The van der Waals surface area contributed by atoms with Crippen LogP contribution in [-0.4, -0.2) is 46.2 Å². The molecular formula is C21H26ClF3N2O4. The summed E-state index contributed by atoms with van der Waals surface area (Å²) in [6.07, 6.45) is 4.85. The highest BCUT2D eigenvalue weighted by atomic mass is 35.5. The maximum absolute atomic E-state index is 13.6. The predicted molar refractivity (Wildman–Crippen MR) is 107 cm³/mol. The summed E-state index contributed by atoms with van der Waals surface area (Å²) in [5.41, 5.74) is 0. The van der Waals surface area contributed by atoms with E-state index in [0.717, 1.165) is 6.42 Å². The van der Waals surface area contributed by atoms with Crippen molar-refractivity contribution in [2.45, 2.75) is 69.6 Å². The number of hydrogen-bond acceptors (Lipinski definition) is 3. The summed E-state index contributed by atoms with van der Waals surface area (Å²) >= 11 is 6.14. The number of imide groups is 1. The van der Waals surface area contributed by atoms with Crippen molar-refractivity contribution in [2.24, 2.45) is 17.8 Å². The molecule has 3 amide bonds. The van der Waals surface area contributed by atoms with Gasteiger partial charge in [-0.25, -0.2) is 14.5 Å². The second-order valence-corrected chi connectivity index (χ2v) is 8.89. The Morgan fingerprint density at radius 2 is 1.90 bits per heavy atom. The number of nitrogens with zero attached hydrogens (tertiary/aromatic N) is 1. The average Bonchev–Trinajstić information content (AvgIpc) is 2.71. The van der Waals surface area contributed by atoms with Gasteiger partial charge < -0.3 is 10.4 Å². The summed E-state index contributed by atoms with van der Waals surface area (Å²) in [7, 11) is 0. The van der Waals surface area contributed by atoms with Crippen LogP contribution in [0.1, 0.15) is 51.4 Å². The molecule has 4 atom stereocenters. The van der Waals surface area contributed by atoms with Gasteiger partial charge in [0.15, 0.2) is 6.04 Å². The van der Waals surface area contributed by atoms with Crippen LogP contribution in [0.15, 0.2) is 23.3 Å². The number of carboxylic acid groups (broad SMARTS) is 1. The number of aliphatic carboxylic acids is 1. The number of hydrogen-bond donors (Lipinski definition) is 2. The van der Waals surface area contributed by atoms with Gasteiger partial charge >= 0.3 is 18.2 Å². The molecule has 10 heteroatoms. The molecule has 3 aliphatic rings. The molecule has 1 saturated carbocycles. The molecule has 172 valence electrons. The number of nitrogens with one attached hydrogen (secondary N) is 1. The van der Waals surface area contributed by atoms with Crippen LogP contribution >= 0.6 is 11.6 Å². The first-order chi connectivity index (χ1) is 14.6. The molecule has 0 spiro atoms. The molecular weight excluding hydrogens is 437 g/mol. The zero-order valence-electron chi connectivity index (χ0n) is 16.9. The SMILES string of the molecule is O=C(O)[C@@H]1[C@@H](CCC2CC=CC=C2Cl)C(=O)N1C(=O)N[C@@H](C1CCCCC1)C(F)(F)F. The van der Waals surface area contributed by atoms with Crippen LogP contribution in [0.5, 0.6) is 0 Å². The highest BCUT2D eigenvalue weighted by Gasteiger charge is 2.56. The molecule has 1 aliphatic heterocycles. The molecule has 2 N–H and O–H groups in total. The van der Waals surface area contributed by atoms with Gasteiger partial charge in [0.05, 0.1) is 5.92 Å². The molecule has 3 rings (SSSR count). The van der Waals surface area contributed by atoms with E-state index in [1.807, 2.05) is 17.5 Å². The fourth-order valence-electron chi connectivity index (χ4n) is 4.76. The Bertz CT molecular complexity index is 777. The Labute approximate surface area is 183 Å². The van der Waals surface area contributed by atoms with Crippen LogP contribution in [0, 0.1) is 17.8 Å². The summed E-state index contributed by atoms with van der Waals surface area (Å²) in [6.45, 7) is 0. The van der Waals surface area contributed by atoms with E-state index in [1.54, 1.807) is 6.08 Å². The zero-order valence-corrected chi connectivity index (χ0v) is 17.7. The van der Waals surface area contributed by atoms with Gasteiger partial charge in [-0.2, -0.15) is 13.2 Å². The molecule has 1 heterocycles. The van der Waals surface area contributed by atoms with Crippen LogP contribution in [0.3, 0.4) is 0 Å². The van der Waals surface area contributed by atoms with Gasteiger partial charge in [0.2, 0.25) is 5.91 Å². The van der Waals surface area contributed by atoms with E-state index < -0.39 is 48.0 Å². The second-order valence-electron chi connectivity index (χ2n) is 8.45. The summed E-state index contributed by atoms with van der Waals surface area (Å²) in [5, 5.41) is 12.1. The highest BCUT2D eigenvalue weighted by Crippen LogP contribution is 2.38. The number of alkyl halides is 3. The number of allylic oxidation sites excluding steroid dienone is 4. The Hall–Kier alpha value is -2.03. The van der Waals surface area contributed by atoms with Gasteiger partial charge in [-0.3, -0.25) is 4.79 Å². The summed E-state index contributed by atoms with van der Waals surface area (Å²) in [4.78, 5) is 37.2. The van der Waals surface area contributed by atoms with Crippen molar-refractivity contribution in [3.63, 3.8) is 0 Å². The number of carbonyl (C=O) groups excluding carboxylic acids is 2. The molecule has 2 fully saturated rings. The number of likely N-dealkylation sites (tertiary alicyclic amines) is 1. The fourth-order valence-corrected chi connectivity index (χ4v) is 5.03. The molecule has 6 nitrogen and oxygen atoms in total. The summed E-state index contributed by atoms with van der Waals surface area (Å²) in [6, 6.07) is -4.87. The van der Waals surface area contributed by atoms with E-state index in [0.29, 0.717) is 48.5 Å². The lowest BCUT2D eigenvalue weighted by Crippen LogP contribution is -2.69. The minimum atomic E-state index is -4.68. The van der Waals surface area contributed by atoms with E-state index in [4.69, 9.17) is 11.6 Å². The molecule has 1 saturated heterocycles. The van der Waals surface area contributed by atoms with Gasteiger partial charge in [-0.15, -0.1) is 0 Å².